The summed E-state index contributed by atoms with van der Waals surface area (Å²) >= 11 is 0. The zero-order chi connectivity index (χ0) is 10.4. The zero-order valence-electron chi connectivity index (χ0n) is 10.1. The Morgan fingerprint density at radius 3 is 2.43 bits per heavy atom. The van der Waals surface area contributed by atoms with Gasteiger partial charge in [0.1, 0.15) is 0 Å². The molecule has 1 fully saturated rings. The van der Waals surface area contributed by atoms with Crippen LogP contribution in [0.2, 0.25) is 0 Å². The van der Waals surface area contributed by atoms with E-state index >= 15 is 0 Å². The van der Waals surface area contributed by atoms with Crippen LogP contribution < -0.4 is 5.32 Å². The molecule has 2 nitrogen and oxygen atoms in total. The second-order valence-corrected chi connectivity index (χ2v) is 5.04. The van der Waals surface area contributed by atoms with Gasteiger partial charge < -0.3 is 10.2 Å². The van der Waals surface area contributed by atoms with E-state index in [2.05, 4.69) is 31.2 Å². The van der Waals surface area contributed by atoms with Gasteiger partial charge in [0.15, 0.2) is 0 Å². The monoisotopic (exact) mass is 198 g/mol. The molecule has 0 unspecified atom stereocenters. The number of rotatable bonds is 7. The van der Waals surface area contributed by atoms with Gasteiger partial charge in [-0.2, -0.15) is 0 Å². The van der Waals surface area contributed by atoms with Crippen molar-refractivity contribution in [3.63, 3.8) is 0 Å². The van der Waals surface area contributed by atoms with Crippen LogP contribution in [0.3, 0.4) is 0 Å². The number of hydrogen-bond donors (Lipinski definition) is 1. The van der Waals surface area contributed by atoms with Crippen molar-refractivity contribution in [2.45, 2.75) is 39.0 Å². The molecule has 0 spiro atoms. The molecule has 1 N–H and O–H groups in total. The average Bonchev–Trinajstić information content (AvgIpc) is 2.08. The fourth-order valence-electron chi connectivity index (χ4n) is 2.21. The van der Waals surface area contributed by atoms with Crippen molar-refractivity contribution in [1.82, 2.24) is 10.2 Å². The van der Waals surface area contributed by atoms with Gasteiger partial charge in [-0.15, -0.1) is 0 Å². The minimum Gasteiger partial charge on any atom is -0.316 e. The van der Waals surface area contributed by atoms with Gasteiger partial charge in [0.05, 0.1) is 0 Å². The molecule has 1 saturated carbocycles. The Labute approximate surface area is 89.1 Å². The molecule has 1 rings (SSSR count). The summed E-state index contributed by atoms with van der Waals surface area (Å²) < 4.78 is 0. The van der Waals surface area contributed by atoms with Crippen molar-refractivity contribution in [2.75, 3.05) is 33.7 Å². The lowest BCUT2D eigenvalue weighted by Gasteiger charge is -2.41. The Bertz CT molecular complexity index is 145. The summed E-state index contributed by atoms with van der Waals surface area (Å²) in [5.41, 5.74) is 0.679. The Morgan fingerprint density at radius 1 is 1.29 bits per heavy atom. The van der Waals surface area contributed by atoms with E-state index in [1.807, 2.05) is 0 Å². The van der Waals surface area contributed by atoms with Crippen molar-refractivity contribution < 1.29 is 0 Å². The molecular weight excluding hydrogens is 172 g/mol. The van der Waals surface area contributed by atoms with Gasteiger partial charge in [0, 0.05) is 6.54 Å². The molecule has 14 heavy (non-hydrogen) atoms. The molecule has 0 aromatic heterocycles. The van der Waals surface area contributed by atoms with Gasteiger partial charge in [0.2, 0.25) is 0 Å². The molecule has 0 heterocycles. The lowest BCUT2D eigenvalue weighted by Crippen LogP contribution is -2.40. The van der Waals surface area contributed by atoms with Gasteiger partial charge in [-0.1, -0.05) is 13.3 Å². The molecule has 0 radical (unpaired) electrons. The van der Waals surface area contributed by atoms with Crippen molar-refractivity contribution in [3.05, 3.63) is 0 Å². The van der Waals surface area contributed by atoms with Gasteiger partial charge >= 0.3 is 0 Å². The van der Waals surface area contributed by atoms with E-state index in [1.54, 1.807) is 0 Å². The molecule has 2 heteroatoms. The number of hydrogen-bond acceptors (Lipinski definition) is 2. The number of nitrogens with one attached hydrogen (secondary N) is 1. The van der Waals surface area contributed by atoms with Crippen molar-refractivity contribution in [2.24, 2.45) is 5.41 Å². The molecule has 0 amide bonds. The lowest BCUT2D eigenvalue weighted by atomic mass is 9.67. The van der Waals surface area contributed by atoms with E-state index in [9.17, 15) is 0 Å². The molecule has 0 bridgehead atoms. The summed E-state index contributed by atoms with van der Waals surface area (Å²) in [6, 6.07) is 0. The van der Waals surface area contributed by atoms with Crippen LogP contribution in [0, 0.1) is 5.41 Å². The van der Waals surface area contributed by atoms with Gasteiger partial charge in [-0.3, -0.25) is 0 Å². The van der Waals surface area contributed by atoms with Crippen LogP contribution in [0.15, 0.2) is 0 Å². The fourth-order valence-corrected chi connectivity index (χ4v) is 2.21. The third-order valence-corrected chi connectivity index (χ3v) is 3.62. The standard InChI is InChI=1S/C12H26N2/c1-4-12(7-5-8-12)11-13-9-6-10-14(2)3/h13H,4-11H2,1-3H3. The molecule has 1 aliphatic carbocycles. The van der Waals surface area contributed by atoms with Crippen molar-refractivity contribution in [1.29, 1.82) is 0 Å². The Balaban J connectivity index is 1.97. The molecular formula is C12H26N2. The first kappa shape index (κ1) is 12.0. The highest BCUT2D eigenvalue weighted by atomic mass is 15.1. The van der Waals surface area contributed by atoms with Crippen LogP contribution in [0.5, 0.6) is 0 Å². The predicted molar refractivity (Wildman–Crippen MR) is 62.6 cm³/mol. The molecule has 1 aliphatic rings. The highest BCUT2D eigenvalue weighted by Crippen LogP contribution is 2.42. The first-order chi connectivity index (χ1) is 6.68. The molecule has 0 saturated heterocycles. The first-order valence-electron chi connectivity index (χ1n) is 6.04. The minimum absolute atomic E-state index is 0.679. The van der Waals surface area contributed by atoms with Gasteiger partial charge in [-0.25, -0.2) is 0 Å². The van der Waals surface area contributed by atoms with Crippen LogP contribution in [-0.2, 0) is 0 Å². The van der Waals surface area contributed by atoms with Crippen LogP contribution in [0.25, 0.3) is 0 Å². The van der Waals surface area contributed by atoms with Gasteiger partial charge in [0.25, 0.3) is 0 Å². The summed E-state index contributed by atoms with van der Waals surface area (Å²) in [5, 5.41) is 3.61. The van der Waals surface area contributed by atoms with Crippen molar-refractivity contribution >= 4 is 0 Å². The average molecular weight is 198 g/mol. The third kappa shape index (κ3) is 3.58. The maximum atomic E-state index is 3.61. The normalized spacial score (nSPS) is 19.7. The Hall–Kier alpha value is -0.0800. The van der Waals surface area contributed by atoms with Crippen LogP contribution in [0.4, 0.5) is 0 Å². The molecule has 0 aliphatic heterocycles. The van der Waals surface area contributed by atoms with E-state index in [-0.39, 0.29) is 0 Å². The maximum Gasteiger partial charge on any atom is 0.000771 e. The Morgan fingerprint density at radius 2 is 2.00 bits per heavy atom. The third-order valence-electron chi connectivity index (χ3n) is 3.62. The van der Waals surface area contributed by atoms with Crippen molar-refractivity contribution in [3.8, 4) is 0 Å². The molecule has 0 aromatic rings. The van der Waals surface area contributed by atoms with Crippen LogP contribution in [-0.4, -0.2) is 38.6 Å². The highest BCUT2D eigenvalue weighted by molar-refractivity contribution is 4.88. The van der Waals surface area contributed by atoms with E-state index in [0.29, 0.717) is 5.41 Å². The first-order valence-corrected chi connectivity index (χ1v) is 6.04. The van der Waals surface area contributed by atoms with Crippen LogP contribution >= 0.6 is 0 Å². The second-order valence-electron chi connectivity index (χ2n) is 5.04. The number of nitrogens with zero attached hydrogens (tertiary/aromatic N) is 1. The van der Waals surface area contributed by atoms with Crippen LogP contribution in [0.1, 0.15) is 39.0 Å². The van der Waals surface area contributed by atoms with E-state index < -0.39 is 0 Å². The highest BCUT2D eigenvalue weighted by Gasteiger charge is 2.34. The van der Waals surface area contributed by atoms with E-state index in [4.69, 9.17) is 0 Å². The smallest absolute Gasteiger partial charge is 0.000771 e. The Kier molecular flexibility index (Phi) is 4.90. The summed E-state index contributed by atoms with van der Waals surface area (Å²) in [4.78, 5) is 2.25. The van der Waals surface area contributed by atoms with E-state index in [0.717, 1.165) is 0 Å². The van der Waals surface area contributed by atoms with Gasteiger partial charge in [-0.05, 0) is 58.3 Å². The molecule has 84 valence electrons. The summed E-state index contributed by atoms with van der Waals surface area (Å²) in [7, 11) is 4.28. The van der Waals surface area contributed by atoms with E-state index in [1.165, 1.54) is 51.7 Å². The summed E-state index contributed by atoms with van der Waals surface area (Å²) in [5.74, 6) is 0. The fraction of sp³-hybridized carbons (Fsp3) is 1.00. The largest absolute Gasteiger partial charge is 0.316 e. The molecule has 0 aromatic carbocycles. The molecule has 0 atom stereocenters. The quantitative estimate of drug-likeness (QED) is 0.630. The summed E-state index contributed by atoms with van der Waals surface area (Å²) in [6.45, 7) is 5.96. The predicted octanol–water partition coefficient (Wildman–Crippen LogP) is 2.11. The summed E-state index contributed by atoms with van der Waals surface area (Å²) in [6.07, 6.45) is 6.97. The second kappa shape index (κ2) is 5.72. The maximum absolute atomic E-state index is 3.61. The topological polar surface area (TPSA) is 15.3 Å². The lowest BCUT2D eigenvalue weighted by molar-refractivity contribution is 0.124. The zero-order valence-corrected chi connectivity index (χ0v) is 10.1. The minimum atomic E-state index is 0.679. The SMILES string of the molecule is CCC1(CNCCCN(C)C)CCC1.